The minimum atomic E-state index is -1.00. The van der Waals surface area contributed by atoms with Crippen molar-refractivity contribution in [3.63, 3.8) is 0 Å². The van der Waals surface area contributed by atoms with E-state index in [1.807, 2.05) is 54.6 Å². The molecule has 0 bridgehead atoms. The molecule has 0 saturated heterocycles. The van der Waals surface area contributed by atoms with E-state index in [4.69, 9.17) is 17.3 Å². The number of carboxylic acid groups (broad SMARTS) is 1. The first-order chi connectivity index (χ1) is 14.5. The van der Waals surface area contributed by atoms with E-state index >= 15 is 0 Å². The fourth-order valence-corrected chi connectivity index (χ4v) is 3.43. The second kappa shape index (κ2) is 10.4. The molecule has 0 aliphatic carbocycles. The Kier molecular flexibility index (Phi) is 7.42. The van der Waals surface area contributed by atoms with Gasteiger partial charge in [0.15, 0.2) is 5.11 Å². The number of thioether (sulfide) groups is 1. The van der Waals surface area contributed by atoms with Crippen LogP contribution in [-0.4, -0.2) is 27.8 Å². The van der Waals surface area contributed by atoms with E-state index in [-0.39, 0.29) is 17.2 Å². The third-order valence-corrected chi connectivity index (χ3v) is 5.15. The van der Waals surface area contributed by atoms with Crippen LogP contribution in [0.2, 0.25) is 0 Å². The summed E-state index contributed by atoms with van der Waals surface area (Å²) in [7, 11) is 0. The molecule has 0 aromatic heterocycles. The minimum absolute atomic E-state index is 0.168. The summed E-state index contributed by atoms with van der Waals surface area (Å²) in [6.45, 7) is 0. The number of carbonyl (C=O) groups excluding carboxylic acids is 1. The average Bonchev–Trinajstić information content (AvgIpc) is 2.74. The minimum Gasteiger partial charge on any atom is -0.478 e. The van der Waals surface area contributed by atoms with Crippen LogP contribution in [0, 0.1) is 0 Å². The van der Waals surface area contributed by atoms with Crippen molar-refractivity contribution < 1.29 is 14.7 Å². The first kappa shape index (κ1) is 21.4. The summed E-state index contributed by atoms with van der Waals surface area (Å²) in [4.78, 5) is 23.9. The van der Waals surface area contributed by atoms with E-state index in [0.717, 1.165) is 16.3 Å². The van der Waals surface area contributed by atoms with Gasteiger partial charge in [0.25, 0.3) is 0 Å². The number of thiocarbonyl (C=S) groups is 1. The molecule has 0 aliphatic rings. The topological polar surface area (TPSA) is 90.5 Å². The summed E-state index contributed by atoms with van der Waals surface area (Å²) >= 11 is 6.71. The number of para-hydroxylation sites is 1. The summed E-state index contributed by atoms with van der Waals surface area (Å²) in [5.41, 5.74) is 2.49. The zero-order valence-electron chi connectivity index (χ0n) is 15.8. The highest BCUT2D eigenvalue weighted by molar-refractivity contribution is 8.00. The molecule has 30 heavy (non-hydrogen) atoms. The second-order valence-electron chi connectivity index (χ2n) is 6.19. The Hall–Kier alpha value is -3.36. The van der Waals surface area contributed by atoms with Gasteiger partial charge in [0.05, 0.1) is 11.3 Å². The lowest BCUT2D eigenvalue weighted by molar-refractivity contribution is -0.113. The third-order valence-electron chi connectivity index (χ3n) is 3.93. The van der Waals surface area contributed by atoms with Crippen LogP contribution in [0.1, 0.15) is 10.4 Å². The van der Waals surface area contributed by atoms with E-state index in [1.54, 1.807) is 12.1 Å². The van der Waals surface area contributed by atoms with Crippen LogP contribution in [-0.2, 0) is 4.79 Å². The molecule has 0 spiro atoms. The number of carboxylic acids is 1. The molecule has 0 saturated carbocycles. The van der Waals surface area contributed by atoms with Crippen molar-refractivity contribution in [1.82, 2.24) is 0 Å². The standard InChI is InChI=1S/C22H19N3O3S2/c26-20(23-17-8-6-15(7-9-17)21(27)28)14-30-19-12-10-18(11-13-19)25-22(29)24-16-4-2-1-3-5-16/h1-13H,14H2,(H,23,26)(H,27,28)(H2,24,25,29). The van der Waals surface area contributed by atoms with Crippen molar-refractivity contribution in [2.75, 3.05) is 21.7 Å². The highest BCUT2D eigenvalue weighted by Gasteiger charge is 2.06. The molecule has 3 rings (SSSR count). The number of hydrogen-bond acceptors (Lipinski definition) is 4. The van der Waals surface area contributed by atoms with E-state index in [0.29, 0.717) is 10.8 Å². The maximum absolute atomic E-state index is 12.1. The van der Waals surface area contributed by atoms with Crippen LogP contribution in [0.15, 0.2) is 83.8 Å². The maximum atomic E-state index is 12.1. The molecule has 3 aromatic rings. The van der Waals surface area contributed by atoms with Crippen molar-refractivity contribution in [3.8, 4) is 0 Å². The van der Waals surface area contributed by atoms with Gasteiger partial charge in [-0.15, -0.1) is 11.8 Å². The Morgan fingerprint density at radius 1 is 0.767 bits per heavy atom. The van der Waals surface area contributed by atoms with Gasteiger partial charge in [0.2, 0.25) is 5.91 Å². The van der Waals surface area contributed by atoms with Crippen molar-refractivity contribution >= 4 is 58.0 Å². The highest BCUT2D eigenvalue weighted by Crippen LogP contribution is 2.21. The van der Waals surface area contributed by atoms with Crippen LogP contribution in [0.3, 0.4) is 0 Å². The molecule has 1 amide bonds. The van der Waals surface area contributed by atoms with Gasteiger partial charge in [-0.25, -0.2) is 4.79 Å². The number of amides is 1. The van der Waals surface area contributed by atoms with E-state index in [9.17, 15) is 9.59 Å². The lowest BCUT2D eigenvalue weighted by Gasteiger charge is -2.11. The molecule has 0 fully saturated rings. The lowest BCUT2D eigenvalue weighted by atomic mass is 10.2. The Labute approximate surface area is 183 Å². The molecule has 0 atom stereocenters. The largest absolute Gasteiger partial charge is 0.478 e. The number of nitrogens with one attached hydrogen (secondary N) is 3. The predicted molar refractivity (Wildman–Crippen MR) is 125 cm³/mol. The van der Waals surface area contributed by atoms with Gasteiger partial charge in [0, 0.05) is 22.0 Å². The molecule has 0 radical (unpaired) electrons. The molecule has 4 N–H and O–H groups in total. The SMILES string of the molecule is O=C(CSc1ccc(NC(=S)Nc2ccccc2)cc1)Nc1ccc(C(=O)O)cc1. The number of hydrogen-bond donors (Lipinski definition) is 4. The molecule has 152 valence electrons. The average molecular weight is 438 g/mol. The summed E-state index contributed by atoms with van der Waals surface area (Å²) < 4.78 is 0. The molecule has 0 aliphatic heterocycles. The van der Waals surface area contributed by atoms with Gasteiger partial charge in [0.1, 0.15) is 0 Å². The number of rotatable bonds is 7. The van der Waals surface area contributed by atoms with Gasteiger partial charge in [-0.05, 0) is 72.9 Å². The molecule has 3 aromatic carbocycles. The summed E-state index contributed by atoms with van der Waals surface area (Å²) in [5.74, 6) is -0.932. The van der Waals surface area contributed by atoms with Gasteiger partial charge >= 0.3 is 5.97 Å². The van der Waals surface area contributed by atoms with Crippen LogP contribution < -0.4 is 16.0 Å². The molecule has 8 heteroatoms. The molecule has 0 heterocycles. The van der Waals surface area contributed by atoms with Gasteiger partial charge in [-0.3, -0.25) is 4.79 Å². The summed E-state index contributed by atoms with van der Waals surface area (Å²) in [6.07, 6.45) is 0. The summed E-state index contributed by atoms with van der Waals surface area (Å²) in [6, 6.07) is 23.3. The Morgan fingerprint density at radius 2 is 1.30 bits per heavy atom. The van der Waals surface area contributed by atoms with Gasteiger partial charge in [-0.1, -0.05) is 18.2 Å². The number of carbonyl (C=O) groups is 2. The smallest absolute Gasteiger partial charge is 0.335 e. The Balaban J connectivity index is 1.45. The zero-order chi connectivity index (χ0) is 21.3. The van der Waals surface area contributed by atoms with Crippen molar-refractivity contribution in [2.45, 2.75) is 4.90 Å². The number of aromatic carboxylic acids is 1. The van der Waals surface area contributed by atoms with Crippen molar-refractivity contribution in [2.24, 2.45) is 0 Å². The first-order valence-corrected chi connectivity index (χ1v) is 10.4. The Morgan fingerprint density at radius 3 is 1.90 bits per heavy atom. The van der Waals surface area contributed by atoms with E-state index < -0.39 is 5.97 Å². The third kappa shape index (κ3) is 6.61. The Bertz CT molecular complexity index is 1020. The van der Waals surface area contributed by atoms with E-state index in [1.165, 1.54) is 23.9 Å². The molecular weight excluding hydrogens is 418 g/mol. The molecule has 0 unspecified atom stereocenters. The van der Waals surface area contributed by atoms with Crippen molar-refractivity contribution in [1.29, 1.82) is 0 Å². The highest BCUT2D eigenvalue weighted by atomic mass is 32.2. The molecule has 6 nitrogen and oxygen atoms in total. The van der Waals surface area contributed by atoms with E-state index in [2.05, 4.69) is 16.0 Å². The quantitative estimate of drug-likeness (QED) is 0.308. The fraction of sp³-hybridized carbons (Fsp3) is 0.0455. The van der Waals surface area contributed by atoms with Gasteiger partial charge < -0.3 is 21.1 Å². The monoisotopic (exact) mass is 437 g/mol. The fourth-order valence-electron chi connectivity index (χ4n) is 2.49. The number of anilines is 3. The first-order valence-electron chi connectivity index (χ1n) is 8.99. The molecular formula is C22H19N3O3S2. The second-order valence-corrected chi connectivity index (χ2v) is 7.65. The van der Waals surface area contributed by atoms with Crippen LogP contribution in [0.4, 0.5) is 17.1 Å². The zero-order valence-corrected chi connectivity index (χ0v) is 17.4. The van der Waals surface area contributed by atoms with Crippen LogP contribution in [0.25, 0.3) is 0 Å². The van der Waals surface area contributed by atoms with Crippen molar-refractivity contribution in [3.05, 3.63) is 84.4 Å². The van der Waals surface area contributed by atoms with Crippen LogP contribution >= 0.6 is 24.0 Å². The van der Waals surface area contributed by atoms with Crippen LogP contribution in [0.5, 0.6) is 0 Å². The normalized spacial score (nSPS) is 10.1. The number of benzene rings is 3. The van der Waals surface area contributed by atoms with Gasteiger partial charge in [-0.2, -0.15) is 0 Å². The summed E-state index contributed by atoms with van der Waals surface area (Å²) in [5, 5.41) is 18.4. The predicted octanol–water partition coefficient (Wildman–Crippen LogP) is 4.92. The maximum Gasteiger partial charge on any atom is 0.335 e. The lowest BCUT2D eigenvalue weighted by Crippen LogP contribution is -2.18.